The summed E-state index contributed by atoms with van der Waals surface area (Å²) in [6.07, 6.45) is 3.35. The molecule has 0 aliphatic heterocycles. The minimum Gasteiger partial charge on any atom is -0.278 e. The van der Waals surface area contributed by atoms with Crippen LogP contribution in [0, 0.1) is 0 Å². The third kappa shape index (κ3) is 1.98. The predicted molar refractivity (Wildman–Crippen MR) is 73.9 cm³/mol. The molecule has 18 heavy (non-hydrogen) atoms. The molecule has 0 saturated carbocycles. The SMILES string of the molecule is Clc1cc(Br)cc(-c2nnc3c(Cl)nccn23)c1. The number of aromatic nitrogens is 4. The second kappa shape index (κ2) is 4.50. The van der Waals surface area contributed by atoms with E-state index in [0.717, 1.165) is 10.0 Å². The van der Waals surface area contributed by atoms with Gasteiger partial charge >= 0.3 is 0 Å². The molecule has 1 aromatic carbocycles. The Hall–Kier alpha value is -1.17. The Morgan fingerprint density at radius 3 is 2.72 bits per heavy atom. The third-order valence-corrected chi connectivity index (χ3v) is 3.35. The molecule has 0 fully saturated rings. The van der Waals surface area contributed by atoms with E-state index in [9.17, 15) is 0 Å². The van der Waals surface area contributed by atoms with Gasteiger partial charge in [0.1, 0.15) is 0 Å². The van der Waals surface area contributed by atoms with Crippen LogP contribution in [0.4, 0.5) is 0 Å². The average Bonchev–Trinajstić information content (AvgIpc) is 2.73. The number of rotatable bonds is 1. The molecule has 0 bridgehead atoms. The van der Waals surface area contributed by atoms with E-state index in [1.807, 2.05) is 18.2 Å². The lowest BCUT2D eigenvalue weighted by Gasteiger charge is -2.02. The van der Waals surface area contributed by atoms with Gasteiger partial charge in [-0.2, -0.15) is 0 Å². The van der Waals surface area contributed by atoms with Gasteiger partial charge in [-0.1, -0.05) is 39.1 Å². The van der Waals surface area contributed by atoms with E-state index in [0.29, 0.717) is 21.6 Å². The van der Waals surface area contributed by atoms with E-state index in [4.69, 9.17) is 23.2 Å². The maximum absolute atomic E-state index is 6.02. The number of fused-ring (bicyclic) bond motifs is 1. The summed E-state index contributed by atoms with van der Waals surface area (Å²) >= 11 is 15.4. The second-order valence-corrected chi connectivity index (χ2v) is 5.30. The molecule has 90 valence electrons. The van der Waals surface area contributed by atoms with Crippen molar-refractivity contribution < 1.29 is 0 Å². The van der Waals surface area contributed by atoms with E-state index in [-0.39, 0.29) is 0 Å². The highest BCUT2D eigenvalue weighted by Crippen LogP contribution is 2.27. The van der Waals surface area contributed by atoms with Gasteiger partial charge in [-0.05, 0) is 18.2 Å². The van der Waals surface area contributed by atoms with Crippen LogP contribution in [0.15, 0.2) is 35.1 Å². The number of nitrogens with zero attached hydrogens (tertiary/aromatic N) is 4. The molecule has 0 amide bonds. The van der Waals surface area contributed by atoms with Crippen LogP contribution in [-0.2, 0) is 0 Å². The smallest absolute Gasteiger partial charge is 0.198 e. The predicted octanol–water partition coefficient (Wildman–Crippen LogP) is 3.86. The fourth-order valence-corrected chi connectivity index (χ4v) is 2.72. The minimum absolute atomic E-state index is 0.317. The Labute approximate surface area is 121 Å². The molecule has 0 atom stereocenters. The molecular weight excluding hydrogens is 339 g/mol. The van der Waals surface area contributed by atoms with Crippen LogP contribution in [0.2, 0.25) is 10.2 Å². The third-order valence-electron chi connectivity index (χ3n) is 2.40. The zero-order chi connectivity index (χ0) is 12.7. The lowest BCUT2D eigenvalue weighted by atomic mass is 10.2. The van der Waals surface area contributed by atoms with Crippen molar-refractivity contribution in [1.29, 1.82) is 0 Å². The first-order valence-electron chi connectivity index (χ1n) is 4.97. The summed E-state index contributed by atoms with van der Waals surface area (Å²) in [5.41, 5.74) is 1.37. The molecule has 0 N–H and O–H groups in total. The molecule has 0 unspecified atom stereocenters. The molecule has 0 aliphatic carbocycles. The Balaban J connectivity index is 2.29. The summed E-state index contributed by atoms with van der Waals surface area (Å²) in [5, 5.41) is 9.07. The van der Waals surface area contributed by atoms with Crippen molar-refractivity contribution in [1.82, 2.24) is 19.6 Å². The maximum Gasteiger partial charge on any atom is 0.198 e. The van der Waals surface area contributed by atoms with E-state index in [1.165, 1.54) is 0 Å². The zero-order valence-corrected chi connectivity index (χ0v) is 11.9. The molecule has 0 saturated heterocycles. The Bertz CT molecular complexity index is 721. The second-order valence-electron chi connectivity index (χ2n) is 3.59. The molecule has 7 heteroatoms. The van der Waals surface area contributed by atoms with Gasteiger partial charge in [0.15, 0.2) is 16.6 Å². The molecule has 2 heterocycles. The van der Waals surface area contributed by atoms with Gasteiger partial charge in [0.25, 0.3) is 0 Å². The fraction of sp³-hybridized carbons (Fsp3) is 0. The van der Waals surface area contributed by atoms with Crippen molar-refractivity contribution in [2.24, 2.45) is 0 Å². The summed E-state index contributed by atoms with van der Waals surface area (Å²) < 4.78 is 2.65. The van der Waals surface area contributed by atoms with E-state index in [2.05, 4.69) is 31.1 Å². The molecule has 2 aromatic heterocycles. The minimum atomic E-state index is 0.317. The van der Waals surface area contributed by atoms with Crippen molar-refractivity contribution in [3.8, 4) is 11.4 Å². The highest BCUT2D eigenvalue weighted by Gasteiger charge is 2.11. The normalized spacial score (nSPS) is 11.1. The first-order chi connectivity index (χ1) is 8.65. The lowest BCUT2D eigenvalue weighted by Crippen LogP contribution is -1.91. The first-order valence-corrected chi connectivity index (χ1v) is 6.52. The van der Waals surface area contributed by atoms with Gasteiger partial charge in [0, 0.05) is 27.5 Å². The molecule has 3 aromatic rings. The van der Waals surface area contributed by atoms with Gasteiger partial charge < -0.3 is 0 Å². The number of hydrogen-bond acceptors (Lipinski definition) is 3. The van der Waals surface area contributed by atoms with Gasteiger partial charge in [0.2, 0.25) is 0 Å². The van der Waals surface area contributed by atoms with E-state index < -0.39 is 0 Å². The average molecular weight is 344 g/mol. The van der Waals surface area contributed by atoms with Crippen LogP contribution in [0.25, 0.3) is 17.0 Å². The lowest BCUT2D eigenvalue weighted by molar-refractivity contribution is 1.11. The molecule has 0 aliphatic rings. The van der Waals surface area contributed by atoms with Gasteiger partial charge in [-0.3, -0.25) is 4.40 Å². The van der Waals surface area contributed by atoms with Crippen LogP contribution in [-0.4, -0.2) is 19.6 Å². The van der Waals surface area contributed by atoms with Crippen LogP contribution in [0.1, 0.15) is 0 Å². The van der Waals surface area contributed by atoms with E-state index >= 15 is 0 Å². The zero-order valence-electron chi connectivity index (χ0n) is 8.81. The summed E-state index contributed by atoms with van der Waals surface area (Å²) in [6.45, 7) is 0. The summed E-state index contributed by atoms with van der Waals surface area (Å²) in [7, 11) is 0. The van der Waals surface area contributed by atoms with Gasteiger partial charge in [0.05, 0.1) is 0 Å². The summed E-state index contributed by atoms with van der Waals surface area (Å²) in [4.78, 5) is 3.96. The number of hydrogen-bond donors (Lipinski definition) is 0. The van der Waals surface area contributed by atoms with Gasteiger partial charge in [-0.25, -0.2) is 4.98 Å². The summed E-state index contributed by atoms with van der Waals surface area (Å²) in [6, 6.07) is 5.54. The molecule has 3 rings (SSSR count). The van der Waals surface area contributed by atoms with Crippen molar-refractivity contribution in [3.05, 3.63) is 45.2 Å². The van der Waals surface area contributed by atoms with Gasteiger partial charge in [-0.15, -0.1) is 10.2 Å². The monoisotopic (exact) mass is 342 g/mol. The largest absolute Gasteiger partial charge is 0.278 e. The Kier molecular flexibility index (Phi) is 2.97. The van der Waals surface area contributed by atoms with Crippen LogP contribution >= 0.6 is 39.1 Å². The fourth-order valence-electron chi connectivity index (χ4n) is 1.68. The highest BCUT2D eigenvalue weighted by atomic mass is 79.9. The Morgan fingerprint density at radius 1 is 1.11 bits per heavy atom. The standard InChI is InChI=1S/C11H5BrCl2N4/c12-7-3-6(4-8(13)5-7)10-16-17-11-9(14)15-1-2-18(10)11/h1-5H. The van der Waals surface area contributed by atoms with E-state index in [1.54, 1.807) is 16.8 Å². The van der Waals surface area contributed by atoms with Crippen molar-refractivity contribution >= 4 is 44.8 Å². The van der Waals surface area contributed by atoms with Crippen molar-refractivity contribution in [3.63, 3.8) is 0 Å². The number of benzene rings is 1. The number of halogens is 3. The quantitative estimate of drug-likeness (QED) is 0.673. The van der Waals surface area contributed by atoms with Crippen LogP contribution in [0.5, 0.6) is 0 Å². The highest BCUT2D eigenvalue weighted by molar-refractivity contribution is 9.10. The molecular formula is C11H5BrCl2N4. The molecule has 0 radical (unpaired) electrons. The Morgan fingerprint density at radius 2 is 1.94 bits per heavy atom. The van der Waals surface area contributed by atoms with Crippen LogP contribution in [0.3, 0.4) is 0 Å². The molecule has 4 nitrogen and oxygen atoms in total. The first kappa shape index (κ1) is 11.9. The maximum atomic E-state index is 6.02. The summed E-state index contributed by atoms with van der Waals surface area (Å²) in [5.74, 6) is 0.664. The van der Waals surface area contributed by atoms with Crippen molar-refractivity contribution in [2.75, 3.05) is 0 Å². The van der Waals surface area contributed by atoms with Crippen molar-refractivity contribution in [2.45, 2.75) is 0 Å². The topological polar surface area (TPSA) is 43.1 Å². The molecule has 0 spiro atoms. The van der Waals surface area contributed by atoms with Crippen LogP contribution < -0.4 is 0 Å².